The van der Waals surface area contributed by atoms with Gasteiger partial charge in [0.25, 0.3) is 0 Å². The van der Waals surface area contributed by atoms with Gasteiger partial charge < -0.3 is 59.1 Å². The highest BCUT2D eigenvalue weighted by Crippen LogP contribution is 2.27. The minimum Gasteiger partial charge on any atom is -0.394 e. The van der Waals surface area contributed by atoms with Gasteiger partial charge in [-0.05, 0) is 69.8 Å². The number of aliphatic imine (C=N–C) groups is 1. The third-order valence-electron chi connectivity index (χ3n) is 9.94. The zero-order valence-corrected chi connectivity index (χ0v) is 36.5. The number of amides is 8. The number of carbonyl (C=O) groups excluding carboxylic acids is 8. The number of carbonyl (C=O) groups is 8. The molecule has 0 aliphatic heterocycles. The first-order chi connectivity index (χ1) is 27.7. The number of nitrogens with zero attached hydrogens (tertiary/aromatic N) is 2. The first-order valence-corrected chi connectivity index (χ1v) is 21.6. The van der Waals surface area contributed by atoms with Crippen LogP contribution in [0.25, 0.3) is 0 Å². The van der Waals surface area contributed by atoms with Crippen molar-refractivity contribution in [2.24, 2.45) is 34.0 Å². The maximum atomic E-state index is 13.8. The molecule has 20 nitrogen and oxygen atoms in total. The molecule has 8 amide bonds. The van der Waals surface area contributed by atoms with Gasteiger partial charge >= 0.3 is 0 Å². The molecule has 0 aromatic carbocycles. The maximum Gasteiger partial charge on any atom is 0.245 e. The average Bonchev–Trinajstić information content (AvgIpc) is 3.16. The number of hydrogen-bond donors (Lipinski definition) is 10. The van der Waals surface area contributed by atoms with Crippen LogP contribution in [0.4, 0.5) is 0 Å². The Morgan fingerprint density at radius 2 is 1.29 bits per heavy atom. The molecule has 21 heteroatoms. The molecule has 0 aromatic heterocycles. The van der Waals surface area contributed by atoms with Gasteiger partial charge in [-0.2, -0.15) is 11.8 Å². The number of thioether (sulfide) groups is 1. The molecule has 1 aliphatic carbocycles. The smallest absolute Gasteiger partial charge is 0.245 e. The number of primary amides is 1. The fourth-order valence-corrected chi connectivity index (χ4v) is 7.16. The summed E-state index contributed by atoms with van der Waals surface area (Å²) < 4.78 is 0. The summed E-state index contributed by atoms with van der Waals surface area (Å²) in [5.74, 6) is -4.83. The second-order valence-corrected chi connectivity index (χ2v) is 16.5. The third-order valence-corrected chi connectivity index (χ3v) is 10.6. The standard InChI is InChI=1S/C38H69N11O9S/c1-21(2)18-27(31(39)52)47-35(56)29(20-50)48-32(53)22(3)43-36(57)30(15-17-59-7)49(6)37(58)23(4)44-33(54)26(14-11-16-42-38(40)41)46-34(55)28(45-24(5)51)19-25-12-9-8-10-13-25/h21-23,25-30,50H,8-20H2,1-7H3,(H2,39,52)(H,43,57)(H,44,54)(H,45,51)(H,46,55)(H,47,56)(H,48,53)(H4,40,41,42)/t22-,23-,26-,27-,28-,29-,30-/m0/s1. The van der Waals surface area contributed by atoms with Crippen molar-refractivity contribution < 1.29 is 43.5 Å². The Balaban J connectivity index is 3.11. The molecule has 1 saturated carbocycles. The van der Waals surface area contributed by atoms with E-state index in [1.165, 1.54) is 39.6 Å². The van der Waals surface area contributed by atoms with Crippen LogP contribution in [0.2, 0.25) is 0 Å². The Labute approximate surface area is 351 Å². The molecule has 1 fully saturated rings. The molecule has 336 valence electrons. The van der Waals surface area contributed by atoms with Crippen LogP contribution < -0.4 is 49.1 Å². The minimum absolute atomic E-state index is 0.0108. The van der Waals surface area contributed by atoms with Crippen molar-refractivity contribution >= 4 is 65.0 Å². The van der Waals surface area contributed by atoms with Crippen molar-refractivity contribution in [3.05, 3.63) is 0 Å². The van der Waals surface area contributed by atoms with Crippen LogP contribution in [-0.4, -0.2) is 138 Å². The van der Waals surface area contributed by atoms with E-state index in [9.17, 15) is 43.5 Å². The average molecular weight is 856 g/mol. The number of likely N-dealkylation sites (N-methyl/N-ethyl adjacent to an activating group) is 1. The SMILES string of the molecule is CSCC[C@@H](C(=O)N[C@@H](C)C(=O)N[C@@H](CO)C(=O)N[C@@H](CC(C)C)C(N)=O)N(C)C(=O)[C@H](C)NC(=O)[C@H](CCCN=C(N)N)NC(=O)[C@H](CC1CCCCC1)NC(C)=O. The van der Waals surface area contributed by atoms with Gasteiger partial charge in [0.15, 0.2) is 5.96 Å². The van der Waals surface area contributed by atoms with Gasteiger partial charge in [0.05, 0.1) is 6.61 Å². The quantitative estimate of drug-likeness (QED) is 0.0259. The van der Waals surface area contributed by atoms with Crippen molar-refractivity contribution in [1.82, 2.24) is 36.8 Å². The van der Waals surface area contributed by atoms with Gasteiger partial charge in [0.1, 0.15) is 42.3 Å². The molecule has 0 heterocycles. The Kier molecular flexibility index (Phi) is 24.1. The molecular weight excluding hydrogens is 787 g/mol. The minimum atomic E-state index is -1.45. The number of nitrogens with one attached hydrogen (secondary N) is 6. The summed E-state index contributed by atoms with van der Waals surface area (Å²) in [5.41, 5.74) is 16.3. The number of hydrogen-bond acceptors (Lipinski definition) is 11. The second kappa shape index (κ2) is 27.2. The first kappa shape index (κ1) is 52.4. The predicted molar refractivity (Wildman–Crippen MR) is 225 cm³/mol. The lowest BCUT2D eigenvalue weighted by molar-refractivity contribution is -0.142. The summed E-state index contributed by atoms with van der Waals surface area (Å²) in [6.45, 7) is 7.12. The molecule has 1 rings (SSSR count). The summed E-state index contributed by atoms with van der Waals surface area (Å²) >= 11 is 1.42. The summed E-state index contributed by atoms with van der Waals surface area (Å²) in [6, 6.07) is -7.98. The topological polar surface area (TPSA) is 323 Å². The second-order valence-electron chi connectivity index (χ2n) is 15.5. The third kappa shape index (κ3) is 19.8. The van der Waals surface area contributed by atoms with Crippen LogP contribution in [0, 0.1) is 11.8 Å². The summed E-state index contributed by atoms with van der Waals surface area (Å²) in [6.07, 6.45) is 8.09. The van der Waals surface area contributed by atoms with E-state index in [0.717, 1.165) is 37.0 Å². The normalized spacial score (nSPS) is 16.4. The molecule has 0 unspecified atom stereocenters. The lowest BCUT2D eigenvalue weighted by Crippen LogP contribution is -2.60. The van der Waals surface area contributed by atoms with E-state index in [1.54, 1.807) is 0 Å². The Morgan fingerprint density at radius 3 is 1.83 bits per heavy atom. The zero-order chi connectivity index (χ0) is 44.8. The summed E-state index contributed by atoms with van der Waals surface area (Å²) in [5, 5.41) is 25.3. The lowest BCUT2D eigenvalue weighted by atomic mass is 9.84. The van der Waals surface area contributed by atoms with Crippen molar-refractivity contribution in [1.29, 1.82) is 0 Å². The Morgan fingerprint density at radius 1 is 0.729 bits per heavy atom. The van der Waals surface area contributed by atoms with E-state index in [1.807, 2.05) is 20.1 Å². The van der Waals surface area contributed by atoms with Gasteiger partial charge in [-0.25, -0.2) is 0 Å². The molecule has 0 aromatic rings. The number of nitrogens with two attached hydrogens (primary N) is 3. The van der Waals surface area contributed by atoms with Crippen molar-refractivity contribution in [2.45, 2.75) is 141 Å². The largest absolute Gasteiger partial charge is 0.394 e. The number of aliphatic hydroxyl groups excluding tert-OH is 1. The molecule has 1 aliphatic rings. The molecule has 13 N–H and O–H groups in total. The van der Waals surface area contributed by atoms with Crippen LogP contribution in [0.15, 0.2) is 4.99 Å². The predicted octanol–water partition coefficient (Wildman–Crippen LogP) is -1.92. The summed E-state index contributed by atoms with van der Waals surface area (Å²) in [7, 11) is 1.39. The van der Waals surface area contributed by atoms with E-state index >= 15 is 0 Å². The molecule has 59 heavy (non-hydrogen) atoms. The zero-order valence-electron chi connectivity index (χ0n) is 35.6. The maximum absolute atomic E-state index is 13.8. The fourth-order valence-electron chi connectivity index (χ4n) is 6.70. The first-order valence-electron chi connectivity index (χ1n) is 20.2. The Hall–Kier alpha value is -4.66. The number of aliphatic hydroxyl groups is 1. The number of rotatable bonds is 26. The van der Waals surface area contributed by atoms with Crippen LogP contribution in [0.1, 0.15) is 98.8 Å². The Bertz CT molecular complexity index is 1460. The molecule has 0 radical (unpaired) electrons. The highest BCUT2D eigenvalue weighted by atomic mass is 32.2. The van der Waals surface area contributed by atoms with Crippen molar-refractivity contribution in [2.75, 3.05) is 32.2 Å². The molecule has 0 bridgehead atoms. The van der Waals surface area contributed by atoms with Gasteiger partial charge in [-0.3, -0.25) is 43.3 Å². The fraction of sp³-hybridized carbons (Fsp3) is 0.763. The van der Waals surface area contributed by atoms with Gasteiger partial charge in [-0.1, -0.05) is 46.0 Å². The molecule has 7 atom stereocenters. The molecule has 0 spiro atoms. The highest BCUT2D eigenvalue weighted by molar-refractivity contribution is 7.98. The van der Waals surface area contributed by atoms with Crippen molar-refractivity contribution in [3.63, 3.8) is 0 Å². The highest BCUT2D eigenvalue weighted by Gasteiger charge is 2.35. The van der Waals surface area contributed by atoms with Crippen LogP contribution in [0.3, 0.4) is 0 Å². The van der Waals surface area contributed by atoms with Gasteiger partial charge in [0.2, 0.25) is 47.3 Å². The number of guanidine groups is 1. The van der Waals surface area contributed by atoms with Crippen molar-refractivity contribution in [3.8, 4) is 0 Å². The molecular formula is C38H69N11O9S. The lowest BCUT2D eigenvalue weighted by Gasteiger charge is -2.31. The summed E-state index contributed by atoms with van der Waals surface area (Å²) in [4.78, 5) is 110. The van der Waals surface area contributed by atoms with Gasteiger partial charge in [-0.15, -0.1) is 0 Å². The van der Waals surface area contributed by atoms with E-state index in [4.69, 9.17) is 17.2 Å². The van der Waals surface area contributed by atoms with E-state index < -0.39 is 90.3 Å². The molecule has 0 saturated heterocycles. The van der Waals surface area contributed by atoms with Crippen LogP contribution in [-0.2, 0) is 38.4 Å². The van der Waals surface area contributed by atoms with E-state index in [2.05, 4.69) is 36.9 Å². The van der Waals surface area contributed by atoms with E-state index in [0.29, 0.717) is 18.6 Å². The van der Waals surface area contributed by atoms with Crippen LogP contribution >= 0.6 is 11.8 Å². The van der Waals surface area contributed by atoms with Gasteiger partial charge in [0, 0.05) is 20.5 Å². The van der Waals surface area contributed by atoms with Crippen LogP contribution in [0.5, 0.6) is 0 Å². The van der Waals surface area contributed by atoms with E-state index in [-0.39, 0.29) is 49.5 Å². The monoisotopic (exact) mass is 856 g/mol.